The first-order valence-corrected chi connectivity index (χ1v) is 5.38. The number of pyridine rings is 1. The Labute approximate surface area is 104 Å². The first kappa shape index (κ1) is 12.1. The van der Waals surface area contributed by atoms with E-state index in [1.165, 1.54) is 6.20 Å². The molecule has 4 N–H and O–H groups in total. The van der Waals surface area contributed by atoms with Crippen LogP contribution >= 0.6 is 0 Å². The minimum absolute atomic E-state index is 0.248. The Bertz CT molecular complexity index is 550. The molecule has 2 rings (SSSR count). The Kier molecular flexibility index (Phi) is 3.54. The van der Waals surface area contributed by atoms with Crippen LogP contribution in [0.2, 0.25) is 0 Å². The normalized spacial score (nSPS) is 10.1. The largest absolute Gasteiger partial charge is 0.346 e. The Balaban J connectivity index is 2.03. The Hall–Kier alpha value is -2.41. The maximum absolute atomic E-state index is 11.9. The lowest BCUT2D eigenvalue weighted by Gasteiger charge is -2.07. The summed E-state index contributed by atoms with van der Waals surface area (Å²) in [4.78, 5) is 15.8. The molecule has 2 heterocycles. The van der Waals surface area contributed by atoms with Crippen molar-refractivity contribution in [3.63, 3.8) is 0 Å². The Morgan fingerprint density at radius 3 is 3.00 bits per heavy atom. The molecule has 0 fully saturated rings. The van der Waals surface area contributed by atoms with Crippen LogP contribution in [0.3, 0.4) is 0 Å². The summed E-state index contributed by atoms with van der Waals surface area (Å²) in [6, 6.07) is 3.47. The zero-order valence-electron chi connectivity index (χ0n) is 9.92. The highest BCUT2D eigenvalue weighted by molar-refractivity contribution is 5.99. The summed E-state index contributed by atoms with van der Waals surface area (Å²) >= 11 is 0. The predicted octanol–water partition coefficient (Wildman–Crippen LogP) is 0.0307. The number of aryl methyl sites for hydroxylation is 1. The lowest BCUT2D eigenvalue weighted by Crippen LogP contribution is -2.25. The average molecular weight is 246 g/mol. The van der Waals surface area contributed by atoms with Crippen molar-refractivity contribution in [2.75, 3.05) is 5.43 Å². The zero-order valence-corrected chi connectivity index (χ0v) is 9.92. The number of nitrogens with zero attached hydrogens (tertiary/aromatic N) is 3. The molecule has 0 saturated carbocycles. The van der Waals surface area contributed by atoms with E-state index in [2.05, 4.69) is 20.8 Å². The maximum atomic E-state index is 11.9. The molecule has 0 aliphatic heterocycles. The van der Waals surface area contributed by atoms with Crippen molar-refractivity contribution in [1.29, 1.82) is 0 Å². The van der Waals surface area contributed by atoms with E-state index < -0.39 is 0 Å². The number of hydrogen-bond acceptors (Lipinski definition) is 5. The number of carbonyl (C=O) groups is 1. The standard InChI is InChI=1S/C11H14N6O/c1-17-5-3-8(16-17)6-14-11(18)9-7-13-4-2-10(9)15-12/h2-5,7H,6,12H2,1H3,(H,13,15)(H,14,18). The number of rotatable bonds is 4. The predicted molar refractivity (Wildman–Crippen MR) is 66.4 cm³/mol. The smallest absolute Gasteiger partial charge is 0.255 e. The molecule has 2 aromatic heterocycles. The zero-order chi connectivity index (χ0) is 13.0. The molecule has 0 unspecified atom stereocenters. The highest BCUT2D eigenvalue weighted by atomic mass is 16.1. The van der Waals surface area contributed by atoms with E-state index in [1.807, 2.05) is 19.3 Å². The van der Waals surface area contributed by atoms with Gasteiger partial charge in [0.1, 0.15) is 0 Å². The molecule has 2 aromatic rings. The van der Waals surface area contributed by atoms with Crippen LogP contribution < -0.4 is 16.6 Å². The van der Waals surface area contributed by atoms with Crippen LogP contribution in [0.4, 0.5) is 5.69 Å². The van der Waals surface area contributed by atoms with E-state index >= 15 is 0 Å². The minimum atomic E-state index is -0.248. The molecule has 0 saturated heterocycles. The summed E-state index contributed by atoms with van der Waals surface area (Å²) in [6.45, 7) is 0.360. The number of nitrogens with one attached hydrogen (secondary N) is 2. The van der Waals surface area contributed by atoms with Crippen molar-refractivity contribution in [3.8, 4) is 0 Å². The number of carbonyl (C=O) groups excluding carboxylic acids is 1. The molecule has 7 nitrogen and oxygen atoms in total. The van der Waals surface area contributed by atoms with Gasteiger partial charge in [-0.1, -0.05) is 0 Å². The highest BCUT2D eigenvalue weighted by Gasteiger charge is 2.10. The summed E-state index contributed by atoms with van der Waals surface area (Å²) in [5, 5.41) is 6.92. The number of anilines is 1. The summed E-state index contributed by atoms with van der Waals surface area (Å²) in [6.07, 6.45) is 4.84. The molecule has 94 valence electrons. The quantitative estimate of drug-likeness (QED) is 0.522. The fourth-order valence-electron chi connectivity index (χ4n) is 1.52. The van der Waals surface area contributed by atoms with Gasteiger partial charge in [0.15, 0.2) is 0 Å². The van der Waals surface area contributed by atoms with Gasteiger partial charge < -0.3 is 10.7 Å². The summed E-state index contributed by atoms with van der Waals surface area (Å²) in [5.74, 6) is 5.08. The number of aromatic nitrogens is 3. The molecule has 0 aliphatic carbocycles. The lowest BCUT2D eigenvalue weighted by molar-refractivity contribution is 0.0951. The molecule has 1 amide bonds. The fourth-order valence-corrected chi connectivity index (χ4v) is 1.52. The molecular weight excluding hydrogens is 232 g/mol. The molecule has 0 radical (unpaired) electrons. The molecular formula is C11H14N6O. The van der Waals surface area contributed by atoms with Gasteiger partial charge in [-0.05, 0) is 12.1 Å². The summed E-state index contributed by atoms with van der Waals surface area (Å²) in [5.41, 5.74) is 4.18. The maximum Gasteiger partial charge on any atom is 0.255 e. The third-order valence-electron chi connectivity index (χ3n) is 2.42. The number of amides is 1. The van der Waals surface area contributed by atoms with Crippen molar-refractivity contribution in [1.82, 2.24) is 20.1 Å². The lowest BCUT2D eigenvalue weighted by atomic mass is 10.2. The van der Waals surface area contributed by atoms with Crippen LogP contribution in [0.5, 0.6) is 0 Å². The van der Waals surface area contributed by atoms with Gasteiger partial charge in [-0.2, -0.15) is 5.10 Å². The summed E-state index contributed by atoms with van der Waals surface area (Å²) in [7, 11) is 1.82. The van der Waals surface area contributed by atoms with Crippen molar-refractivity contribution in [2.45, 2.75) is 6.54 Å². The second-order valence-corrected chi connectivity index (χ2v) is 3.73. The van der Waals surface area contributed by atoms with E-state index in [0.717, 1.165) is 5.69 Å². The third-order valence-corrected chi connectivity index (χ3v) is 2.42. The molecule has 0 spiro atoms. The Morgan fingerprint density at radius 1 is 1.50 bits per heavy atom. The third kappa shape index (κ3) is 2.64. The van der Waals surface area contributed by atoms with Crippen LogP contribution in [-0.2, 0) is 13.6 Å². The van der Waals surface area contributed by atoms with Gasteiger partial charge in [0.05, 0.1) is 23.5 Å². The van der Waals surface area contributed by atoms with Gasteiger partial charge in [0.2, 0.25) is 0 Å². The van der Waals surface area contributed by atoms with Gasteiger partial charge in [-0.25, -0.2) is 0 Å². The first-order valence-electron chi connectivity index (χ1n) is 5.38. The Morgan fingerprint density at radius 2 is 2.33 bits per heavy atom. The van der Waals surface area contributed by atoms with E-state index in [-0.39, 0.29) is 5.91 Å². The van der Waals surface area contributed by atoms with Gasteiger partial charge in [0, 0.05) is 25.6 Å². The van der Waals surface area contributed by atoms with Crippen molar-refractivity contribution < 1.29 is 4.79 Å². The fraction of sp³-hybridized carbons (Fsp3) is 0.182. The minimum Gasteiger partial charge on any atom is -0.346 e. The molecule has 7 heteroatoms. The van der Waals surface area contributed by atoms with Gasteiger partial charge in [0.25, 0.3) is 5.91 Å². The van der Waals surface area contributed by atoms with Crippen LogP contribution in [-0.4, -0.2) is 20.7 Å². The van der Waals surface area contributed by atoms with Crippen LogP contribution in [0.25, 0.3) is 0 Å². The van der Waals surface area contributed by atoms with E-state index in [0.29, 0.717) is 17.8 Å². The number of nitrogen functional groups attached to an aromatic ring is 1. The highest BCUT2D eigenvalue weighted by Crippen LogP contribution is 2.11. The van der Waals surface area contributed by atoms with Crippen molar-refractivity contribution in [2.24, 2.45) is 12.9 Å². The van der Waals surface area contributed by atoms with Crippen LogP contribution in [0, 0.1) is 0 Å². The number of nitrogens with two attached hydrogens (primary N) is 1. The van der Waals surface area contributed by atoms with Crippen molar-refractivity contribution in [3.05, 3.63) is 42.0 Å². The topological polar surface area (TPSA) is 97.9 Å². The first-order chi connectivity index (χ1) is 8.70. The van der Waals surface area contributed by atoms with Crippen LogP contribution in [0.1, 0.15) is 16.1 Å². The van der Waals surface area contributed by atoms with E-state index in [1.54, 1.807) is 16.9 Å². The summed E-state index contributed by atoms with van der Waals surface area (Å²) < 4.78 is 1.68. The molecule has 0 aromatic carbocycles. The van der Waals surface area contributed by atoms with Crippen LogP contribution in [0.15, 0.2) is 30.7 Å². The monoisotopic (exact) mass is 246 g/mol. The SMILES string of the molecule is Cn1ccc(CNC(=O)c2cnccc2NN)n1. The van der Waals surface area contributed by atoms with Crippen molar-refractivity contribution >= 4 is 11.6 Å². The number of hydrogen-bond donors (Lipinski definition) is 3. The van der Waals surface area contributed by atoms with Gasteiger partial charge in [-0.3, -0.25) is 20.3 Å². The van der Waals surface area contributed by atoms with Gasteiger partial charge >= 0.3 is 0 Å². The molecule has 0 bridgehead atoms. The molecule has 0 aliphatic rings. The molecule has 0 atom stereocenters. The number of hydrazine groups is 1. The van der Waals surface area contributed by atoms with E-state index in [4.69, 9.17) is 5.84 Å². The van der Waals surface area contributed by atoms with Gasteiger partial charge in [-0.15, -0.1) is 0 Å². The average Bonchev–Trinajstić information content (AvgIpc) is 2.81. The molecule has 18 heavy (non-hydrogen) atoms. The van der Waals surface area contributed by atoms with E-state index in [9.17, 15) is 4.79 Å². The second kappa shape index (κ2) is 5.28. The second-order valence-electron chi connectivity index (χ2n) is 3.73.